The molecule has 3 rings (SSSR count). The van der Waals surface area contributed by atoms with Gasteiger partial charge in [-0.2, -0.15) is 0 Å². The van der Waals surface area contributed by atoms with Gasteiger partial charge in [-0.15, -0.1) is 0 Å². The molecule has 1 fully saturated rings. The Kier molecular flexibility index (Phi) is 7.63. The largest absolute Gasteiger partial charge is 0.468 e. The lowest BCUT2D eigenvalue weighted by Gasteiger charge is -2.41. The molecule has 0 spiro atoms. The Labute approximate surface area is 221 Å². The number of nitro groups is 1. The maximum atomic E-state index is 15.2. The highest BCUT2D eigenvalue weighted by Gasteiger charge is 2.52. The molecule has 0 saturated carbocycles. The number of carbonyl (C=O) groups is 2. The molecular formula is C21H21BrClFIN3O6. The van der Waals surface area contributed by atoms with E-state index in [1.54, 1.807) is 20.8 Å². The third-order valence-corrected chi connectivity index (χ3v) is 8.06. The lowest BCUT2D eigenvalue weighted by Crippen LogP contribution is -2.54. The van der Waals surface area contributed by atoms with Crippen molar-refractivity contribution in [1.82, 2.24) is 9.88 Å². The number of hydrogen-bond acceptors (Lipinski definition) is 7. The van der Waals surface area contributed by atoms with E-state index in [2.05, 4.69) is 20.9 Å². The number of pyridine rings is 1. The molecule has 1 aliphatic heterocycles. The van der Waals surface area contributed by atoms with Gasteiger partial charge < -0.3 is 14.4 Å². The normalized spacial score (nSPS) is 18.6. The number of esters is 1. The van der Waals surface area contributed by atoms with Gasteiger partial charge in [0.1, 0.15) is 16.5 Å². The van der Waals surface area contributed by atoms with Gasteiger partial charge in [0.15, 0.2) is 5.82 Å². The number of nitrogens with zero attached hydrogens (tertiary/aromatic N) is 3. The van der Waals surface area contributed by atoms with Crippen LogP contribution in [0.25, 0.3) is 10.9 Å². The van der Waals surface area contributed by atoms with Crippen molar-refractivity contribution in [2.75, 3.05) is 20.2 Å². The van der Waals surface area contributed by atoms with Gasteiger partial charge >= 0.3 is 17.7 Å². The van der Waals surface area contributed by atoms with Gasteiger partial charge in [-0.3, -0.25) is 14.9 Å². The molecule has 9 nitrogen and oxygen atoms in total. The monoisotopic (exact) mass is 671 g/mol. The summed E-state index contributed by atoms with van der Waals surface area (Å²) in [6.45, 7) is 5.08. The molecule has 1 aromatic heterocycles. The van der Waals surface area contributed by atoms with E-state index in [0.717, 1.165) is 7.11 Å². The number of ether oxygens (including phenoxy) is 2. The third-order valence-electron chi connectivity index (χ3n) is 5.43. The minimum atomic E-state index is -1.71. The van der Waals surface area contributed by atoms with Crippen LogP contribution in [0.4, 0.5) is 14.9 Å². The number of piperidine rings is 1. The highest BCUT2D eigenvalue weighted by molar-refractivity contribution is 14.1. The summed E-state index contributed by atoms with van der Waals surface area (Å²) in [6.07, 6.45) is -0.275. The van der Waals surface area contributed by atoms with Crippen molar-refractivity contribution < 1.29 is 28.4 Å². The number of carbonyl (C=O) groups excluding carboxylic acids is 2. The van der Waals surface area contributed by atoms with E-state index in [9.17, 15) is 19.7 Å². The average Bonchev–Trinajstić information content (AvgIpc) is 2.75. The van der Waals surface area contributed by atoms with Crippen molar-refractivity contribution in [3.05, 3.63) is 40.8 Å². The number of likely N-dealkylation sites (tertiary alicyclic amines) is 1. The van der Waals surface area contributed by atoms with E-state index in [1.807, 2.05) is 22.6 Å². The maximum absolute atomic E-state index is 15.2. The molecule has 0 radical (unpaired) electrons. The van der Waals surface area contributed by atoms with Crippen LogP contribution in [0, 0.1) is 19.5 Å². The molecule has 1 atom stereocenters. The van der Waals surface area contributed by atoms with Gasteiger partial charge in [-0.1, -0.05) is 11.6 Å². The molecule has 184 valence electrons. The van der Waals surface area contributed by atoms with Crippen molar-refractivity contribution >= 4 is 78.8 Å². The quantitative estimate of drug-likeness (QED) is 0.102. The fourth-order valence-electron chi connectivity index (χ4n) is 4.12. The Morgan fingerprint density at radius 1 is 1.41 bits per heavy atom. The number of benzene rings is 1. The molecular weight excluding hydrogens is 652 g/mol. The highest BCUT2D eigenvalue weighted by atomic mass is 127. The molecule has 0 N–H and O–H groups in total. The second-order valence-corrected chi connectivity index (χ2v) is 11.2. The fourth-order valence-corrected chi connectivity index (χ4v) is 5.22. The second-order valence-electron chi connectivity index (χ2n) is 8.84. The number of methoxy groups -OCH3 is 1. The van der Waals surface area contributed by atoms with Crippen LogP contribution < -0.4 is 0 Å². The summed E-state index contributed by atoms with van der Waals surface area (Å²) in [4.78, 5) is 42.8. The third kappa shape index (κ3) is 4.81. The molecule has 0 bridgehead atoms. The molecule has 1 saturated heterocycles. The van der Waals surface area contributed by atoms with Crippen LogP contribution in [0.2, 0.25) is 5.15 Å². The van der Waals surface area contributed by atoms with Crippen LogP contribution in [0.5, 0.6) is 0 Å². The Balaban J connectivity index is 2.37. The Hall–Kier alpha value is -1.80. The van der Waals surface area contributed by atoms with E-state index in [4.69, 9.17) is 21.1 Å². The molecule has 2 aromatic rings. The molecule has 34 heavy (non-hydrogen) atoms. The van der Waals surface area contributed by atoms with E-state index >= 15 is 4.39 Å². The van der Waals surface area contributed by atoms with Gasteiger partial charge in [-0.05, 0) is 78.2 Å². The Bertz CT molecular complexity index is 1210. The van der Waals surface area contributed by atoms with Crippen LogP contribution in [0.1, 0.15) is 39.2 Å². The van der Waals surface area contributed by atoms with Gasteiger partial charge in [0.05, 0.1) is 22.1 Å². The first kappa shape index (κ1) is 26.8. The minimum Gasteiger partial charge on any atom is -0.468 e. The van der Waals surface area contributed by atoms with Gasteiger partial charge in [0.25, 0.3) is 0 Å². The van der Waals surface area contributed by atoms with E-state index < -0.39 is 44.7 Å². The van der Waals surface area contributed by atoms with Crippen molar-refractivity contribution in [3.8, 4) is 0 Å². The molecule has 2 heterocycles. The first-order valence-corrected chi connectivity index (χ1v) is 12.4. The van der Waals surface area contributed by atoms with Gasteiger partial charge in [0.2, 0.25) is 5.15 Å². The number of aromatic nitrogens is 1. The van der Waals surface area contributed by atoms with Crippen LogP contribution in [0.15, 0.2) is 10.5 Å². The minimum absolute atomic E-state index is 0.0395. The zero-order valence-electron chi connectivity index (χ0n) is 18.7. The first-order chi connectivity index (χ1) is 15.7. The van der Waals surface area contributed by atoms with Crippen molar-refractivity contribution in [2.24, 2.45) is 0 Å². The average molecular weight is 673 g/mol. The van der Waals surface area contributed by atoms with Gasteiger partial charge in [0, 0.05) is 22.0 Å². The summed E-state index contributed by atoms with van der Waals surface area (Å²) >= 11 is 11.2. The number of hydrogen-bond donors (Lipinski definition) is 0. The lowest BCUT2D eigenvalue weighted by atomic mass is 9.72. The zero-order chi connectivity index (χ0) is 25.6. The van der Waals surface area contributed by atoms with Gasteiger partial charge in [-0.25, -0.2) is 14.2 Å². The number of halogens is 4. The zero-order valence-corrected chi connectivity index (χ0v) is 23.2. The summed E-state index contributed by atoms with van der Waals surface area (Å²) in [7, 11) is 1.15. The van der Waals surface area contributed by atoms with Crippen molar-refractivity contribution in [2.45, 2.75) is 44.6 Å². The summed E-state index contributed by atoms with van der Waals surface area (Å²) in [5, 5.41) is 11.6. The second kappa shape index (κ2) is 9.69. The topological polar surface area (TPSA) is 112 Å². The fraction of sp³-hybridized carbons (Fsp3) is 0.476. The molecule has 1 amide bonds. The Morgan fingerprint density at radius 2 is 2.06 bits per heavy atom. The summed E-state index contributed by atoms with van der Waals surface area (Å²) < 4.78 is 26.2. The van der Waals surface area contributed by atoms with E-state index in [1.165, 1.54) is 11.0 Å². The molecule has 0 aliphatic carbocycles. The SMILES string of the molecule is COC(=O)C1(c2c([N+](=O)[O-])c(Cl)nc3c(F)c(Br)c(I)cc23)CCCN(C(=O)OC(C)(C)C)C1. The van der Waals surface area contributed by atoms with Crippen molar-refractivity contribution in [3.63, 3.8) is 0 Å². The maximum Gasteiger partial charge on any atom is 0.410 e. The molecule has 13 heteroatoms. The summed E-state index contributed by atoms with van der Waals surface area (Å²) in [5.41, 5.74) is -3.52. The number of rotatable bonds is 3. The predicted octanol–water partition coefficient (Wildman–Crippen LogP) is 5.74. The smallest absolute Gasteiger partial charge is 0.410 e. The summed E-state index contributed by atoms with van der Waals surface area (Å²) in [6, 6.07) is 1.49. The molecule has 1 aliphatic rings. The van der Waals surface area contributed by atoms with Crippen LogP contribution in [-0.4, -0.2) is 52.7 Å². The number of fused-ring (bicyclic) bond motifs is 1. The Morgan fingerprint density at radius 3 is 2.62 bits per heavy atom. The van der Waals surface area contributed by atoms with E-state index in [0.29, 0.717) is 9.99 Å². The van der Waals surface area contributed by atoms with Crippen LogP contribution >= 0.6 is 50.1 Å². The first-order valence-electron chi connectivity index (χ1n) is 10.1. The highest BCUT2D eigenvalue weighted by Crippen LogP contribution is 2.47. The van der Waals surface area contributed by atoms with Crippen LogP contribution in [-0.2, 0) is 19.7 Å². The predicted molar refractivity (Wildman–Crippen MR) is 135 cm³/mol. The van der Waals surface area contributed by atoms with Crippen LogP contribution in [0.3, 0.4) is 0 Å². The van der Waals surface area contributed by atoms with E-state index in [-0.39, 0.29) is 40.4 Å². The molecule has 1 unspecified atom stereocenters. The van der Waals surface area contributed by atoms with Crippen molar-refractivity contribution in [1.29, 1.82) is 0 Å². The number of amides is 1. The molecule has 1 aromatic carbocycles. The standard InChI is InChI=1S/C21H21BrClFIN3O6/c1-20(2,3)34-19(30)27-7-5-6-21(9-27,18(29)33-4)12-10-8-11(25)13(22)14(24)15(10)26-17(23)16(12)28(31)32/h8H,5-7,9H2,1-4H3. The lowest BCUT2D eigenvalue weighted by molar-refractivity contribution is -0.386. The summed E-state index contributed by atoms with van der Waals surface area (Å²) in [5.74, 6) is -1.59.